The number of hydrogen-bond donors (Lipinski definition) is 2. The zero-order chi connectivity index (χ0) is 14.6. The van der Waals surface area contributed by atoms with Gasteiger partial charge in [0.1, 0.15) is 5.82 Å². The number of halogens is 2. The fraction of sp³-hybridized carbons (Fsp3) is 0.533. The van der Waals surface area contributed by atoms with Crippen molar-refractivity contribution in [3.8, 4) is 0 Å². The molecule has 1 unspecified atom stereocenters. The fourth-order valence-corrected chi connectivity index (χ4v) is 2.96. The van der Waals surface area contributed by atoms with Gasteiger partial charge in [-0.15, -0.1) is 0 Å². The van der Waals surface area contributed by atoms with Gasteiger partial charge in [0, 0.05) is 6.54 Å². The second-order valence-corrected chi connectivity index (χ2v) is 5.70. The second kappa shape index (κ2) is 6.55. The molecule has 0 saturated carbocycles. The number of carbonyl (C=O) groups excluding carboxylic acids is 1. The Balaban J connectivity index is 1.98. The van der Waals surface area contributed by atoms with Crippen molar-refractivity contribution >= 4 is 17.5 Å². The maximum atomic E-state index is 13.1. The van der Waals surface area contributed by atoms with E-state index in [0.717, 1.165) is 37.8 Å². The fourth-order valence-electron chi connectivity index (χ4n) is 2.75. The molecule has 3 nitrogen and oxygen atoms in total. The molecule has 0 bridgehead atoms. The third-order valence-corrected chi connectivity index (χ3v) is 4.08. The average molecular weight is 299 g/mol. The van der Waals surface area contributed by atoms with Gasteiger partial charge in [-0.25, -0.2) is 4.39 Å². The number of hydrogen-bond acceptors (Lipinski definition) is 2. The predicted octanol–water partition coefficient (Wildman–Crippen LogP) is 3.02. The summed E-state index contributed by atoms with van der Waals surface area (Å²) in [5.74, 6) is -0.418. The van der Waals surface area contributed by atoms with E-state index in [2.05, 4.69) is 17.6 Å². The highest BCUT2D eigenvalue weighted by Crippen LogP contribution is 2.25. The number of benzene rings is 1. The zero-order valence-corrected chi connectivity index (χ0v) is 12.4. The van der Waals surface area contributed by atoms with E-state index < -0.39 is 11.4 Å². The average Bonchev–Trinajstić information content (AvgIpc) is 2.90. The van der Waals surface area contributed by atoms with E-state index in [1.165, 1.54) is 6.07 Å². The summed E-state index contributed by atoms with van der Waals surface area (Å²) in [6.07, 6.45) is 3.69. The van der Waals surface area contributed by atoms with Gasteiger partial charge in [0.25, 0.3) is 0 Å². The first-order valence-electron chi connectivity index (χ1n) is 7.04. The number of nitrogens with one attached hydrogen (secondary N) is 2. The summed E-state index contributed by atoms with van der Waals surface area (Å²) >= 11 is 5.73. The van der Waals surface area contributed by atoms with Crippen molar-refractivity contribution in [3.63, 3.8) is 0 Å². The minimum atomic E-state index is -0.443. The van der Waals surface area contributed by atoms with Crippen LogP contribution in [0.1, 0.15) is 38.2 Å². The van der Waals surface area contributed by atoms with Gasteiger partial charge in [0.15, 0.2) is 0 Å². The van der Waals surface area contributed by atoms with Crippen LogP contribution in [0.2, 0.25) is 5.02 Å². The lowest BCUT2D eigenvalue weighted by molar-refractivity contribution is -0.127. The molecule has 20 heavy (non-hydrogen) atoms. The lowest BCUT2D eigenvalue weighted by Crippen LogP contribution is -2.53. The summed E-state index contributed by atoms with van der Waals surface area (Å²) in [4.78, 5) is 12.4. The van der Waals surface area contributed by atoms with Crippen molar-refractivity contribution in [1.82, 2.24) is 10.6 Å². The van der Waals surface area contributed by atoms with Crippen molar-refractivity contribution in [1.29, 1.82) is 0 Å². The van der Waals surface area contributed by atoms with Gasteiger partial charge in [-0.05, 0) is 43.5 Å². The predicted molar refractivity (Wildman–Crippen MR) is 78.1 cm³/mol. The molecule has 1 aliphatic rings. The molecule has 1 saturated heterocycles. The molecule has 110 valence electrons. The van der Waals surface area contributed by atoms with Crippen LogP contribution in [0.5, 0.6) is 0 Å². The third kappa shape index (κ3) is 3.30. The normalized spacial score (nSPS) is 21.9. The Kier molecular flexibility index (Phi) is 5.00. The van der Waals surface area contributed by atoms with E-state index in [-0.39, 0.29) is 10.9 Å². The molecule has 1 heterocycles. The van der Waals surface area contributed by atoms with Gasteiger partial charge in [0.05, 0.1) is 10.6 Å². The van der Waals surface area contributed by atoms with Crippen LogP contribution in [0, 0.1) is 5.82 Å². The monoisotopic (exact) mass is 298 g/mol. The molecule has 2 rings (SSSR count). The first kappa shape index (κ1) is 15.3. The molecule has 1 fully saturated rings. The number of amides is 1. The van der Waals surface area contributed by atoms with Crippen molar-refractivity contribution in [2.45, 2.75) is 44.7 Å². The van der Waals surface area contributed by atoms with Crippen LogP contribution in [-0.2, 0) is 11.3 Å². The Hall–Kier alpha value is -1.13. The van der Waals surface area contributed by atoms with Gasteiger partial charge < -0.3 is 10.6 Å². The quantitative estimate of drug-likeness (QED) is 0.877. The van der Waals surface area contributed by atoms with Crippen molar-refractivity contribution < 1.29 is 9.18 Å². The highest BCUT2D eigenvalue weighted by atomic mass is 35.5. The van der Waals surface area contributed by atoms with E-state index in [0.29, 0.717) is 6.54 Å². The lowest BCUT2D eigenvalue weighted by Gasteiger charge is -2.27. The Labute approximate surface area is 123 Å². The molecule has 1 aromatic carbocycles. The summed E-state index contributed by atoms with van der Waals surface area (Å²) < 4.78 is 13.1. The molecule has 5 heteroatoms. The largest absolute Gasteiger partial charge is 0.350 e. The first-order valence-corrected chi connectivity index (χ1v) is 7.42. The van der Waals surface area contributed by atoms with Crippen LogP contribution in [0.15, 0.2) is 18.2 Å². The molecule has 0 aromatic heterocycles. The van der Waals surface area contributed by atoms with Crippen LogP contribution in [0.4, 0.5) is 4.39 Å². The summed E-state index contributed by atoms with van der Waals surface area (Å²) in [6.45, 7) is 3.33. The number of carbonyl (C=O) groups is 1. The van der Waals surface area contributed by atoms with E-state index in [4.69, 9.17) is 11.6 Å². The summed E-state index contributed by atoms with van der Waals surface area (Å²) in [5, 5.41) is 6.34. The Morgan fingerprint density at radius 1 is 1.55 bits per heavy atom. The molecule has 1 aliphatic heterocycles. The zero-order valence-electron chi connectivity index (χ0n) is 11.6. The molecule has 1 atom stereocenters. The van der Waals surface area contributed by atoms with Gasteiger partial charge in [0.2, 0.25) is 5.91 Å². The Morgan fingerprint density at radius 3 is 2.95 bits per heavy atom. The maximum absolute atomic E-state index is 13.1. The van der Waals surface area contributed by atoms with Crippen molar-refractivity contribution in [3.05, 3.63) is 34.6 Å². The first-order chi connectivity index (χ1) is 9.57. The van der Waals surface area contributed by atoms with Gasteiger partial charge in [-0.3, -0.25) is 4.79 Å². The van der Waals surface area contributed by atoms with Crippen LogP contribution >= 0.6 is 11.6 Å². The van der Waals surface area contributed by atoms with Gasteiger partial charge in [-0.1, -0.05) is 31.0 Å². The second-order valence-electron chi connectivity index (χ2n) is 5.29. The van der Waals surface area contributed by atoms with E-state index in [9.17, 15) is 9.18 Å². The molecule has 0 spiro atoms. The van der Waals surface area contributed by atoms with Crippen LogP contribution in [0.25, 0.3) is 0 Å². The summed E-state index contributed by atoms with van der Waals surface area (Å²) in [6, 6.07) is 4.50. The number of rotatable bonds is 5. The molecule has 0 radical (unpaired) electrons. The Bertz CT molecular complexity index is 487. The molecule has 2 N–H and O–H groups in total. The molecular formula is C15H20ClFN2O. The minimum Gasteiger partial charge on any atom is -0.350 e. The highest BCUT2D eigenvalue weighted by Gasteiger charge is 2.39. The van der Waals surface area contributed by atoms with Crippen LogP contribution in [-0.4, -0.2) is 18.0 Å². The third-order valence-electron chi connectivity index (χ3n) is 3.79. The maximum Gasteiger partial charge on any atom is 0.240 e. The Morgan fingerprint density at radius 2 is 2.35 bits per heavy atom. The lowest BCUT2D eigenvalue weighted by atomic mass is 9.91. The van der Waals surface area contributed by atoms with E-state index in [1.54, 1.807) is 12.1 Å². The van der Waals surface area contributed by atoms with Crippen LogP contribution < -0.4 is 10.6 Å². The topological polar surface area (TPSA) is 41.1 Å². The van der Waals surface area contributed by atoms with Crippen molar-refractivity contribution in [2.75, 3.05) is 6.54 Å². The SMILES string of the molecule is CCCC1(C(=O)NCc2ccc(F)c(Cl)c2)CCCN1. The minimum absolute atomic E-state index is 0.0253. The van der Waals surface area contributed by atoms with Gasteiger partial charge >= 0.3 is 0 Å². The summed E-state index contributed by atoms with van der Waals surface area (Å²) in [5.41, 5.74) is 0.368. The van der Waals surface area contributed by atoms with E-state index in [1.807, 2.05) is 0 Å². The van der Waals surface area contributed by atoms with Gasteiger partial charge in [-0.2, -0.15) is 0 Å². The summed E-state index contributed by atoms with van der Waals surface area (Å²) in [7, 11) is 0. The molecule has 1 amide bonds. The molecular weight excluding hydrogens is 279 g/mol. The van der Waals surface area contributed by atoms with Crippen molar-refractivity contribution in [2.24, 2.45) is 0 Å². The molecule has 1 aromatic rings. The highest BCUT2D eigenvalue weighted by molar-refractivity contribution is 6.30. The standard InChI is InChI=1S/C15H20ClFN2O/c1-2-6-15(7-3-8-19-15)14(20)18-10-11-4-5-13(17)12(16)9-11/h4-5,9,19H,2-3,6-8,10H2,1H3,(H,18,20). The smallest absolute Gasteiger partial charge is 0.240 e. The van der Waals surface area contributed by atoms with E-state index >= 15 is 0 Å². The molecule has 0 aliphatic carbocycles. The van der Waals surface area contributed by atoms with Crippen LogP contribution in [0.3, 0.4) is 0 Å².